The molecule has 0 aliphatic carbocycles. The first-order chi connectivity index (χ1) is 7.42. The number of rotatable bonds is 3. The van der Waals surface area contributed by atoms with Crippen molar-refractivity contribution in [1.82, 2.24) is 15.5 Å². The van der Waals surface area contributed by atoms with Crippen LogP contribution in [0, 0.1) is 0 Å². The van der Waals surface area contributed by atoms with Gasteiger partial charge in [-0.3, -0.25) is 0 Å². The van der Waals surface area contributed by atoms with Crippen molar-refractivity contribution >= 4 is 11.3 Å². The Bertz CT molecular complexity index is 433. The maximum absolute atomic E-state index is 5.20. The van der Waals surface area contributed by atoms with Crippen LogP contribution < -0.4 is 5.32 Å². The molecule has 1 atom stereocenters. The van der Waals surface area contributed by atoms with Crippen molar-refractivity contribution in [2.24, 2.45) is 0 Å². The molecule has 3 heterocycles. The van der Waals surface area contributed by atoms with E-state index < -0.39 is 0 Å². The summed E-state index contributed by atoms with van der Waals surface area (Å²) in [5.74, 6) is 1.51. The van der Waals surface area contributed by atoms with Crippen molar-refractivity contribution < 1.29 is 4.52 Å². The van der Waals surface area contributed by atoms with E-state index in [-0.39, 0.29) is 6.04 Å². The summed E-state index contributed by atoms with van der Waals surface area (Å²) < 4.78 is 5.20. The molecule has 2 aromatic rings. The second-order valence-electron chi connectivity index (χ2n) is 3.60. The zero-order valence-corrected chi connectivity index (χ0v) is 8.96. The molecule has 2 aromatic heterocycles. The van der Waals surface area contributed by atoms with Gasteiger partial charge < -0.3 is 9.84 Å². The molecule has 78 valence electrons. The van der Waals surface area contributed by atoms with Gasteiger partial charge in [0.2, 0.25) is 5.89 Å². The molecule has 1 aliphatic rings. The molecule has 15 heavy (non-hydrogen) atoms. The van der Waals surface area contributed by atoms with Gasteiger partial charge in [0.15, 0.2) is 5.82 Å². The maximum atomic E-state index is 5.20. The molecule has 5 heteroatoms. The zero-order valence-electron chi connectivity index (χ0n) is 8.14. The number of nitrogens with one attached hydrogen (secondary N) is 1. The lowest BCUT2D eigenvalue weighted by Crippen LogP contribution is -2.35. The van der Waals surface area contributed by atoms with Crippen LogP contribution in [0.15, 0.2) is 22.0 Å². The second kappa shape index (κ2) is 3.75. The third kappa shape index (κ3) is 1.80. The van der Waals surface area contributed by atoms with E-state index in [1.54, 1.807) is 11.3 Å². The predicted octanol–water partition coefficient (Wildman–Crippen LogP) is 1.76. The third-order valence-corrected chi connectivity index (χ3v) is 3.39. The fourth-order valence-electron chi connectivity index (χ4n) is 1.55. The van der Waals surface area contributed by atoms with Gasteiger partial charge in [0.25, 0.3) is 0 Å². The van der Waals surface area contributed by atoms with Crippen LogP contribution in [-0.4, -0.2) is 16.7 Å². The summed E-state index contributed by atoms with van der Waals surface area (Å²) in [6.07, 6.45) is 1.87. The van der Waals surface area contributed by atoms with Crippen molar-refractivity contribution in [1.29, 1.82) is 0 Å². The van der Waals surface area contributed by atoms with E-state index in [1.807, 2.05) is 6.07 Å². The molecule has 1 saturated heterocycles. The van der Waals surface area contributed by atoms with Crippen LogP contribution in [0.4, 0.5) is 0 Å². The van der Waals surface area contributed by atoms with E-state index in [0.29, 0.717) is 0 Å². The zero-order chi connectivity index (χ0) is 10.1. The van der Waals surface area contributed by atoms with Crippen molar-refractivity contribution in [3.63, 3.8) is 0 Å². The molecule has 3 rings (SSSR count). The first-order valence-corrected chi connectivity index (χ1v) is 5.88. The van der Waals surface area contributed by atoms with Crippen LogP contribution in [0.5, 0.6) is 0 Å². The molecule has 0 saturated carbocycles. The van der Waals surface area contributed by atoms with Crippen LogP contribution in [0.25, 0.3) is 0 Å². The molecule has 0 radical (unpaired) electrons. The van der Waals surface area contributed by atoms with Gasteiger partial charge in [0.1, 0.15) is 0 Å². The summed E-state index contributed by atoms with van der Waals surface area (Å²) in [5.41, 5.74) is 0. The Labute approximate surface area is 91.3 Å². The van der Waals surface area contributed by atoms with Gasteiger partial charge in [-0.15, -0.1) is 11.3 Å². The number of hydrogen-bond donors (Lipinski definition) is 1. The van der Waals surface area contributed by atoms with E-state index in [9.17, 15) is 0 Å². The largest absolute Gasteiger partial charge is 0.338 e. The highest BCUT2D eigenvalue weighted by Crippen LogP contribution is 2.21. The van der Waals surface area contributed by atoms with Crippen molar-refractivity contribution in [3.05, 3.63) is 34.1 Å². The first kappa shape index (κ1) is 9.06. The minimum atomic E-state index is 0.287. The average molecular weight is 221 g/mol. The van der Waals surface area contributed by atoms with Crippen molar-refractivity contribution in [2.45, 2.75) is 18.9 Å². The molecule has 1 N–H and O–H groups in total. The van der Waals surface area contributed by atoms with Crippen LogP contribution in [0.1, 0.15) is 29.1 Å². The van der Waals surface area contributed by atoms with E-state index in [4.69, 9.17) is 4.52 Å². The Morgan fingerprint density at radius 2 is 2.53 bits per heavy atom. The van der Waals surface area contributed by atoms with Gasteiger partial charge in [0.05, 0.1) is 6.04 Å². The van der Waals surface area contributed by atoms with Gasteiger partial charge in [-0.05, 0) is 24.4 Å². The predicted molar refractivity (Wildman–Crippen MR) is 56.8 cm³/mol. The lowest BCUT2D eigenvalue weighted by atomic mass is 10.1. The molecule has 1 aliphatic heterocycles. The van der Waals surface area contributed by atoms with E-state index in [1.165, 1.54) is 4.88 Å². The summed E-state index contributed by atoms with van der Waals surface area (Å²) in [6, 6.07) is 4.41. The Morgan fingerprint density at radius 3 is 3.20 bits per heavy atom. The standard InChI is InChI=1S/C10H11N3OS/c1-2-7(15-5-1)6-9-12-10(14-13-9)8-3-4-11-8/h1-2,5,8,11H,3-4,6H2/t8-/m1/s1. The van der Waals surface area contributed by atoms with Crippen molar-refractivity contribution in [2.75, 3.05) is 6.54 Å². The highest BCUT2D eigenvalue weighted by Gasteiger charge is 2.24. The highest BCUT2D eigenvalue weighted by molar-refractivity contribution is 7.09. The average Bonchev–Trinajstić information content (AvgIpc) is 2.75. The normalized spacial score (nSPS) is 20.1. The Kier molecular flexibility index (Phi) is 2.26. The number of thiophene rings is 1. The second-order valence-corrected chi connectivity index (χ2v) is 4.63. The van der Waals surface area contributed by atoms with Gasteiger partial charge in [-0.2, -0.15) is 4.98 Å². The number of hydrogen-bond acceptors (Lipinski definition) is 5. The topological polar surface area (TPSA) is 51.0 Å². The van der Waals surface area contributed by atoms with Crippen LogP contribution in [-0.2, 0) is 6.42 Å². The first-order valence-electron chi connectivity index (χ1n) is 5.00. The summed E-state index contributed by atoms with van der Waals surface area (Å²) in [6.45, 7) is 1.05. The summed E-state index contributed by atoms with van der Waals surface area (Å²) in [5, 5.41) is 9.27. The van der Waals surface area contributed by atoms with Gasteiger partial charge in [-0.1, -0.05) is 11.2 Å². The number of aromatic nitrogens is 2. The monoisotopic (exact) mass is 221 g/mol. The third-order valence-electron chi connectivity index (χ3n) is 2.52. The van der Waals surface area contributed by atoms with Gasteiger partial charge in [0, 0.05) is 11.3 Å². The molecule has 1 fully saturated rings. The Hall–Kier alpha value is -1.20. The Balaban J connectivity index is 1.73. The molecule has 0 spiro atoms. The minimum absolute atomic E-state index is 0.287. The fourth-order valence-corrected chi connectivity index (χ4v) is 2.25. The van der Waals surface area contributed by atoms with E-state index in [2.05, 4.69) is 26.9 Å². The smallest absolute Gasteiger partial charge is 0.243 e. The molecule has 4 nitrogen and oxygen atoms in total. The lowest BCUT2D eigenvalue weighted by Gasteiger charge is -2.23. The number of nitrogens with zero attached hydrogens (tertiary/aromatic N) is 2. The molecule has 0 unspecified atom stereocenters. The molecular weight excluding hydrogens is 210 g/mol. The van der Waals surface area contributed by atoms with Crippen LogP contribution in [0.3, 0.4) is 0 Å². The molecule has 0 bridgehead atoms. The maximum Gasteiger partial charge on any atom is 0.243 e. The summed E-state index contributed by atoms with van der Waals surface area (Å²) >= 11 is 1.72. The molecule has 0 aromatic carbocycles. The van der Waals surface area contributed by atoms with E-state index >= 15 is 0 Å². The molecular formula is C10H11N3OS. The Morgan fingerprint density at radius 1 is 1.60 bits per heavy atom. The van der Waals surface area contributed by atoms with Crippen LogP contribution in [0.2, 0.25) is 0 Å². The van der Waals surface area contributed by atoms with Gasteiger partial charge >= 0.3 is 0 Å². The summed E-state index contributed by atoms with van der Waals surface area (Å²) in [4.78, 5) is 5.64. The van der Waals surface area contributed by atoms with Gasteiger partial charge in [-0.25, -0.2) is 0 Å². The fraction of sp³-hybridized carbons (Fsp3) is 0.400. The minimum Gasteiger partial charge on any atom is -0.338 e. The highest BCUT2D eigenvalue weighted by atomic mass is 32.1. The summed E-state index contributed by atoms with van der Waals surface area (Å²) in [7, 11) is 0. The lowest BCUT2D eigenvalue weighted by molar-refractivity contribution is 0.272. The molecule has 0 amide bonds. The quantitative estimate of drug-likeness (QED) is 0.858. The van der Waals surface area contributed by atoms with E-state index in [0.717, 1.165) is 31.1 Å². The van der Waals surface area contributed by atoms with Crippen molar-refractivity contribution in [3.8, 4) is 0 Å². The van der Waals surface area contributed by atoms with Crippen LogP contribution >= 0.6 is 11.3 Å². The SMILES string of the molecule is c1csc(Cc2noc([C@H]3CCN3)n2)c1.